The Labute approximate surface area is 167 Å². The predicted molar refractivity (Wildman–Crippen MR) is 115 cm³/mol. The van der Waals surface area contributed by atoms with E-state index in [4.69, 9.17) is 4.74 Å². The fourth-order valence-electron chi connectivity index (χ4n) is 3.43. The Morgan fingerprint density at radius 1 is 1.11 bits per heavy atom. The fourth-order valence-corrected chi connectivity index (χ4v) is 4.30. The second-order valence-electron chi connectivity index (χ2n) is 7.12. The van der Waals surface area contributed by atoms with Crippen LogP contribution in [0.1, 0.15) is 19.4 Å². The summed E-state index contributed by atoms with van der Waals surface area (Å²) in [7, 11) is -2.15. The molecule has 1 saturated heterocycles. The molecule has 0 amide bonds. The van der Waals surface area contributed by atoms with Gasteiger partial charge in [0.2, 0.25) is 0 Å². The number of ether oxygens (including phenoxy) is 1. The maximum atomic E-state index is 12.6. The van der Waals surface area contributed by atoms with Crippen LogP contribution in [0.25, 0.3) is 6.08 Å². The van der Waals surface area contributed by atoms with E-state index in [-0.39, 0.29) is 0 Å². The van der Waals surface area contributed by atoms with Crippen molar-refractivity contribution in [2.24, 2.45) is 0 Å². The molecule has 1 aliphatic heterocycles. The van der Waals surface area contributed by atoms with Gasteiger partial charge in [-0.2, -0.15) is 0 Å². The van der Waals surface area contributed by atoms with Crippen molar-refractivity contribution in [1.29, 1.82) is 0 Å². The molecule has 1 heterocycles. The third-order valence-corrected chi connectivity index (χ3v) is 5.60. The summed E-state index contributed by atoms with van der Waals surface area (Å²) in [6, 6.07) is 15.6. The largest absolute Gasteiger partial charge is 0.495 e. The zero-order chi connectivity index (χ0) is 20.1. The number of benzene rings is 2. The molecule has 28 heavy (non-hydrogen) atoms. The van der Waals surface area contributed by atoms with Gasteiger partial charge in [0, 0.05) is 30.9 Å². The highest BCUT2D eigenvalue weighted by molar-refractivity contribution is 7.95. The van der Waals surface area contributed by atoms with E-state index in [1.54, 1.807) is 12.1 Å². The third kappa shape index (κ3) is 5.27. The lowest BCUT2D eigenvalue weighted by atomic mass is 10.1. The summed E-state index contributed by atoms with van der Waals surface area (Å²) in [5.74, 6) is 0.483. The highest BCUT2D eigenvalue weighted by Crippen LogP contribution is 2.31. The van der Waals surface area contributed by atoms with Gasteiger partial charge in [0.15, 0.2) is 0 Å². The van der Waals surface area contributed by atoms with Gasteiger partial charge in [-0.3, -0.25) is 4.72 Å². The van der Waals surface area contributed by atoms with Crippen LogP contribution in [0.15, 0.2) is 53.9 Å². The molecule has 150 valence electrons. The van der Waals surface area contributed by atoms with Crippen LogP contribution in [-0.4, -0.2) is 40.7 Å². The predicted octanol–water partition coefficient (Wildman–Crippen LogP) is 3.29. The van der Waals surface area contributed by atoms with Crippen molar-refractivity contribution in [1.82, 2.24) is 5.32 Å². The van der Waals surface area contributed by atoms with Crippen LogP contribution < -0.4 is 19.7 Å². The first-order chi connectivity index (χ1) is 13.4. The van der Waals surface area contributed by atoms with E-state index in [0.717, 1.165) is 24.3 Å². The van der Waals surface area contributed by atoms with E-state index < -0.39 is 10.0 Å². The van der Waals surface area contributed by atoms with Crippen LogP contribution in [0.3, 0.4) is 0 Å². The summed E-state index contributed by atoms with van der Waals surface area (Å²) in [5.41, 5.74) is 2.21. The monoisotopic (exact) mass is 401 g/mol. The standard InChI is InChI=1S/C21H27N3O3S/c1-16-14-24(15-17(2)22-16)19-9-10-21(27-3)20(13-19)23-28(25,26)12-11-18-7-5-4-6-8-18/h4-13,16-17,22-23H,14-15H2,1-3H3/b12-11+. The van der Waals surface area contributed by atoms with Crippen LogP contribution in [-0.2, 0) is 10.0 Å². The number of anilines is 2. The first-order valence-corrected chi connectivity index (χ1v) is 10.9. The average Bonchev–Trinajstić information content (AvgIpc) is 2.66. The molecule has 0 aromatic heterocycles. The highest BCUT2D eigenvalue weighted by atomic mass is 32.2. The summed E-state index contributed by atoms with van der Waals surface area (Å²) < 4.78 is 33.1. The van der Waals surface area contributed by atoms with Gasteiger partial charge in [0.05, 0.1) is 18.2 Å². The maximum absolute atomic E-state index is 12.6. The number of rotatable bonds is 6. The molecule has 0 radical (unpaired) electrons. The Kier molecular flexibility index (Phi) is 6.26. The Balaban J connectivity index is 1.83. The smallest absolute Gasteiger partial charge is 0.255 e. The minimum atomic E-state index is -3.68. The van der Waals surface area contributed by atoms with Gasteiger partial charge in [-0.1, -0.05) is 30.3 Å². The van der Waals surface area contributed by atoms with Crippen LogP contribution in [0, 0.1) is 0 Å². The first kappa shape index (κ1) is 20.2. The van der Waals surface area contributed by atoms with Crippen molar-refractivity contribution >= 4 is 27.5 Å². The molecule has 6 nitrogen and oxygen atoms in total. The summed E-state index contributed by atoms with van der Waals surface area (Å²) in [5, 5.41) is 4.67. The molecule has 7 heteroatoms. The van der Waals surface area contributed by atoms with Crippen molar-refractivity contribution in [2.45, 2.75) is 25.9 Å². The topological polar surface area (TPSA) is 70.7 Å². The number of sulfonamides is 1. The van der Waals surface area contributed by atoms with E-state index in [0.29, 0.717) is 23.5 Å². The number of methoxy groups -OCH3 is 1. The van der Waals surface area contributed by atoms with Crippen molar-refractivity contribution in [3.05, 3.63) is 59.5 Å². The summed E-state index contributed by atoms with van der Waals surface area (Å²) in [4.78, 5) is 2.25. The van der Waals surface area contributed by atoms with E-state index in [2.05, 4.69) is 28.8 Å². The van der Waals surface area contributed by atoms with Gasteiger partial charge >= 0.3 is 0 Å². The SMILES string of the molecule is COc1ccc(N2CC(C)NC(C)C2)cc1NS(=O)(=O)/C=C/c1ccccc1. The van der Waals surface area contributed by atoms with Crippen LogP contribution in [0.4, 0.5) is 11.4 Å². The fraction of sp³-hybridized carbons (Fsp3) is 0.333. The zero-order valence-electron chi connectivity index (χ0n) is 16.4. The van der Waals surface area contributed by atoms with Gasteiger partial charge in [0.1, 0.15) is 5.75 Å². The molecule has 3 rings (SSSR count). The number of nitrogens with one attached hydrogen (secondary N) is 2. The Morgan fingerprint density at radius 2 is 1.79 bits per heavy atom. The summed E-state index contributed by atoms with van der Waals surface area (Å²) in [6.45, 7) is 6.00. The number of hydrogen-bond donors (Lipinski definition) is 2. The molecule has 2 atom stereocenters. The van der Waals surface area contributed by atoms with Crippen LogP contribution in [0.2, 0.25) is 0 Å². The minimum Gasteiger partial charge on any atom is -0.495 e. The van der Waals surface area contributed by atoms with Crippen LogP contribution in [0.5, 0.6) is 5.75 Å². The van der Waals surface area contributed by atoms with Gasteiger partial charge in [-0.15, -0.1) is 0 Å². The normalized spacial score (nSPS) is 20.3. The van der Waals surface area contributed by atoms with E-state index in [1.807, 2.05) is 42.5 Å². The number of piperazine rings is 1. The van der Waals surface area contributed by atoms with Crippen molar-refractivity contribution in [2.75, 3.05) is 29.8 Å². The van der Waals surface area contributed by atoms with Gasteiger partial charge in [-0.05, 0) is 43.7 Å². The highest BCUT2D eigenvalue weighted by Gasteiger charge is 2.22. The van der Waals surface area contributed by atoms with Crippen molar-refractivity contribution < 1.29 is 13.2 Å². The molecule has 1 aliphatic rings. The zero-order valence-corrected chi connectivity index (χ0v) is 17.2. The third-order valence-electron chi connectivity index (χ3n) is 4.60. The minimum absolute atomic E-state index is 0.361. The molecule has 2 N–H and O–H groups in total. The molecular formula is C21H27N3O3S. The average molecular weight is 402 g/mol. The molecule has 0 aliphatic carbocycles. The van der Waals surface area contributed by atoms with Crippen molar-refractivity contribution in [3.63, 3.8) is 0 Å². The number of nitrogens with zero attached hydrogens (tertiary/aromatic N) is 1. The van der Waals surface area contributed by atoms with Gasteiger partial charge in [-0.25, -0.2) is 8.42 Å². The van der Waals surface area contributed by atoms with Crippen molar-refractivity contribution in [3.8, 4) is 5.75 Å². The van der Waals surface area contributed by atoms with Crippen LogP contribution >= 0.6 is 0 Å². The lowest BCUT2D eigenvalue weighted by Gasteiger charge is -2.37. The summed E-state index contributed by atoms with van der Waals surface area (Å²) >= 11 is 0. The molecule has 2 aromatic carbocycles. The Morgan fingerprint density at radius 3 is 2.43 bits per heavy atom. The molecule has 1 fully saturated rings. The lowest BCUT2D eigenvalue weighted by Crippen LogP contribution is -2.54. The molecule has 2 unspecified atom stereocenters. The molecule has 0 spiro atoms. The summed E-state index contributed by atoms with van der Waals surface area (Å²) in [6.07, 6.45) is 1.57. The maximum Gasteiger partial charge on any atom is 0.255 e. The molecule has 0 saturated carbocycles. The Bertz CT molecular complexity index is 919. The quantitative estimate of drug-likeness (QED) is 0.777. The molecular weight excluding hydrogens is 374 g/mol. The molecule has 2 aromatic rings. The first-order valence-electron chi connectivity index (χ1n) is 9.31. The second kappa shape index (κ2) is 8.67. The van der Waals surface area contributed by atoms with Gasteiger partial charge in [0.25, 0.3) is 10.0 Å². The van der Waals surface area contributed by atoms with Gasteiger partial charge < -0.3 is 15.0 Å². The van der Waals surface area contributed by atoms with E-state index >= 15 is 0 Å². The Hall–Kier alpha value is -2.51. The van der Waals surface area contributed by atoms with E-state index in [9.17, 15) is 8.42 Å². The lowest BCUT2D eigenvalue weighted by molar-refractivity contribution is 0.406. The molecule has 0 bridgehead atoms. The number of hydrogen-bond acceptors (Lipinski definition) is 5. The van der Waals surface area contributed by atoms with E-state index in [1.165, 1.54) is 12.5 Å². The second-order valence-corrected chi connectivity index (χ2v) is 8.69.